The summed E-state index contributed by atoms with van der Waals surface area (Å²) in [6.45, 7) is 3.34. The van der Waals surface area contributed by atoms with Gasteiger partial charge >= 0.3 is 0 Å². The van der Waals surface area contributed by atoms with Gasteiger partial charge in [-0.15, -0.1) is 0 Å². The lowest BCUT2D eigenvalue weighted by molar-refractivity contribution is 0.309. The van der Waals surface area contributed by atoms with Crippen molar-refractivity contribution in [3.8, 4) is 16.9 Å². The van der Waals surface area contributed by atoms with Crippen LogP contribution in [0.5, 0.6) is 5.75 Å². The molecule has 0 saturated carbocycles. The number of ether oxygens (including phenoxy) is 1. The second-order valence-electron chi connectivity index (χ2n) is 6.51. The smallest absolute Gasteiger partial charge is 0.185 e. The van der Waals surface area contributed by atoms with Crippen molar-refractivity contribution in [2.24, 2.45) is 22.2 Å². The highest BCUT2D eigenvalue weighted by Crippen LogP contribution is 2.27. The molecular formula is C21H30FN5O. The summed E-state index contributed by atoms with van der Waals surface area (Å²) in [5.74, 6) is 0.727. The normalized spacial score (nSPS) is 10.6. The number of guanidine groups is 1. The van der Waals surface area contributed by atoms with Crippen LogP contribution in [0, 0.1) is 5.82 Å². The lowest BCUT2D eigenvalue weighted by Gasteiger charge is -2.14. The fourth-order valence-corrected chi connectivity index (χ4v) is 2.74. The van der Waals surface area contributed by atoms with E-state index in [9.17, 15) is 4.39 Å². The molecule has 0 aromatic heterocycles. The molecule has 0 unspecified atom stereocenters. The van der Waals surface area contributed by atoms with Gasteiger partial charge in [0, 0.05) is 18.7 Å². The Balaban J connectivity index is 1.99. The maximum atomic E-state index is 13.2. The summed E-state index contributed by atoms with van der Waals surface area (Å²) in [4.78, 5) is 3.98. The van der Waals surface area contributed by atoms with Crippen molar-refractivity contribution in [3.63, 3.8) is 0 Å². The Hall–Kier alpha value is -2.64. The molecular weight excluding hydrogens is 357 g/mol. The standard InChI is InChI=1S/C21H30FN5O/c22-19-7-4-16(5-8-19)17-6-9-20(28-13-3-10-23)18(14-17)15-26-11-1-2-12-27-21(24)25/h4-9,14,26H,1-3,10-13,15,23H2,(H4,24,25,27). The van der Waals surface area contributed by atoms with Crippen LogP contribution in [0.1, 0.15) is 24.8 Å². The Kier molecular flexibility index (Phi) is 9.24. The van der Waals surface area contributed by atoms with E-state index in [1.807, 2.05) is 12.1 Å². The second kappa shape index (κ2) is 11.9. The molecule has 2 rings (SSSR count). The minimum absolute atomic E-state index is 0.129. The Morgan fingerprint density at radius 1 is 1.00 bits per heavy atom. The van der Waals surface area contributed by atoms with Crippen LogP contribution >= 0.6 is 0 Å². The second-order valence-corrected chi connectivity index (χ2v) is 6.51. The Morgan fingerprint density at radius 2 is 1.75 bits per heavy atom. The lowest BCUT2D eigenvalue weighted by Crippen LogP contribution is -2.23. The molecule has 2 aromatic carbocycles. The molecule has 0 fully saturated rings. The van der Waals surface area contributed by atoms with Gasteiger partial charge in [-0.1, -0.05) is 18.2 Å². The van der Waals surface area contributed by atoms with Crippen molar-refractivity contribution in [2.45, 2.75) is 25.8 Å². The van der Waals surface area contributed by atoms with E-state index >= 15 is 0 Å². The zero-order valence-corrected chi connectivity index (χ0v) is 16.2. The molecule has 0 aliphatic heterocycles. The highest BCUT2D eigenvalue weighted by molar-refractivity contribution is 5.75. The Labute approximate surface area is 166 Å². The molecule has 0 heterocycles. The van der Waals surface area contributed by atoms with Crippen LogP contribution in [-0.2, 0) is 6.54 Å². The molecule has 2 aromatic rings. The maximum Gasteiger partial charge on any atom is 0.185 e. The van der Waals surface area contributed by atoms with Gasteiger partial charge in [0.2, 0.25) is 0 Å². The van der Waals surface area contributed by atoms with Crippen molar-refractivity contribution in [1.29, 1.82) is 0 Å². The van der Waals surface area contributed by atoms with Crippen LogP contribution < -0.4 is 27.3 Å². The monoisotopic (exact) mass is 387 g/mol. The summed E-state index contributed by atoms with van der Waals surface area (Å²) in [7, 11) is 0. The van der Waals surface area contributed by atoms with Gasteiger partial charge in [-0.05, 0) is 67.7 Å². The Bertz CT molecular complexity index is 745. The average Bonchev–Trinajstić information content (AvgIpc) is 2.68. The molecule has 0 atom stereocenters. The summed E-state index contributed by atoms with van der Waals surface area (Å²) >= 11 is 0. The number of aliphatic imine (C=N–C) groups is 1. The summed E-state index contributed by atoms with van der Waals surface area (Å²) in [6.07, 6.45) is 2.69. The summed E-state index contributed by atoms with van der Waals surface area (Å²) in [5, 5.41) is 3.43. The van der Waals surface area contributed by atoms with E-state index in [1.165, 1.54) is 12.1 Å². The molecule has 28 heavy (non-hydrogen) atoms. The highest BCUT2D eigenvalue weighted by Gasteiger charge is 2.07. The van der Waals surface area contributed by atoms with Crippen LogP contribution in [-0.4, -0.2) is 32.2 Å². The molecule has 0 bridgehead atoms. The molecule has 152 valence electrons. The molecule has 0 radical (unpaired) electrons. The lowest BCUT2D eigenvalue weighted by atomic mass is 10.0. The number of nitrogens with two attached hydrogens (primary N) is 3. The van der Waals surface area contributed by atoms with Gasteiger partial charge < -0.3 is 27.3 Å². The molecule has 0 saturated heterocycles. The summed E-state index contributed by atoms with van der Waals surface area (Å²) < 4.78 is 19.1. The molecule has 0 aliphatic rings. The highest BCUT2D eigenvalue weighted by atomic mass is 19.1. The van der Waals surface area contributed by atoms with Gasteiger partial charge in [0.15, 0.2) is 5.96 Å². The summed E-state index contributed by atoms with van der Waals surface area (Å²) in [6, 6.07) is 12.5. The van der Waals surface area contributed by atoms with Gasteiger partial charge in [-0.3, -0.25) is 4.99 Å². The van der Waals surface area contributed by atoms with Crippen molar-refractivity contribution in [2.75, 3.05) is 26.2 Å². The number of hydrogen-bond acceptors (Lipinski definition) is 4. The van der Waals surface area contributed by atoms with Crippen LogP contribution in [0.4, 0.5) is 4.39 Å². The van der Waals surface area contributed by atoms with Gasteiger partial charge in [0.05, 0.1) is 6.61 Å². The number of nitrogens with zero attached hydrogens (tertiary/aromatic N) is 1. The third-order valence-electron chi connectivity index (χ3n) is 4.22. The van der Waals surface area contributed by atoms with Crippen molar-refractivity contribution in [1.82, 2.24) is 5.32 Å². The number of nitrogens with one attached hydrogen (secondary N) is 1. The van der Waals surface area contributed by atoms with E-state index < -0.39 is 0 Å². The number of unbranched alkanes of at least 4 members (excludes halogenated alkanes) is 1. The zero-order valence-electron chi connectivity index (χ0n) is 16.2. The van der Waals surface area contributed by atoms with Gasteiger partial charge in [-0.2, -0.15) is 0 Å². The number of hydrogen-bond donors (Lipinski definition) is 4. The predicted molar refractivity (Wildman–Crippen MR) is 113 cm³/mol. The van der Waals surface area contributed by atoms with Crippen LogP contribution in [0.2, 0.25) is 0 Å². The zero-order chi connectivity index (χ0) is 20.2. The maximum absolute atomic E-state index is 13.2. The van der Waals surface area contributed by atoms with E-state index in [-0.39, 0.29) is 11.8 Å². The molecule has 0 amide bonds. The van der Waals surface area contributed by atoms with Crippen LogP contribution in [0.25, 0.3) is 11.1 Å². The van der Waals surface area contributed by atoms with Crippen LogP contribution in [0.3, 0.4) is 0 Å². The van der Waals surface area contributed by atoms with Crippen LogP contribution in [0.15, 0.2) is 47.5 Å². The molecule has 7 heteroatoms. The summed E-state index contributed by atoms with van der Waals surface area (Å²) in [5.41, 5.74) is 19.2. The van der Waals surface area contributed by atoms with E-state index in [1.54, 1.807) is 12.1 Å². The quantitative estimate of drug-likeness (QED) is 0.254. The van der Waals surface area contributed by atoms with Gasteiger partial charge in [0.25, 0.3) is 0 Å². The van der Waals surface area contributed by atoms with Crippen molar-refractivity contribution < 1.29 is 9.13 Å². The number of rotatable bonds is 12. The average molecular weight is 388 g/mol. The van der Waals surface area contributed by atoms with E-state index in [4.69, 9.17) is 21.9 Å². The topological polar surface area (TPSA) is 112 Å². The molecule has 0 aliphatic carbocycles. The van der Waals surface area contributed by atoms with E-state index in [0.717, 1.165) is 48.2 Å². The molecule has 7 N–H and O–H groups in total. The largest absolute Gasteiger partial charge is 0.493 e. The van der Waals surface area contributed by atoms with E-state index in [2.05, 4.69) is 16.4 Å². The minimum atomic E-state index is -0.242. The van der Waals surface area contributed by atoms with Gasteiger partial charge in [0.1, 0.15) is 11.6 Å². The first kappa shape index (κ1) is 21.7. The fourth-order valence-electron chi connectivity index (χ4n) is 2.74. The van der Waals surface area contributed by atoms with Crippen molar-refractivity contribution >= 4 is 5.96 Å². The first-order valence-corrected chi connectivity index (χ1v) is 9.58. The SMILES string of the molecule is NCCCOc1ccc(-c2ccc(F)cc2)cc1CNCCCCN=C(N)N. The first-order valence-electron chi connectivity index (χ1n) is 9.58. The third kappa shape index (κ3) is 7.54. The van der Waals surface area contributed by atoms with Gasteiger partial charge in [-0.25, -0.2) is 4.39 Å². The molecule has 0 spiro atoms. The minimum Gasteiger partial charge on any atom is -0.493 e. The molecule has 6 nitrogen and oxygen atoms in total. The van der Waals surface area contributed by atoms with Crippen molar-refractivity contribution in [3.05, 3.63) is 53.8 Å². The third-order valence-corrected chi connectivity index (χ3v) is 4.22. The number of benzene rings is 2. The Morgan fingerprint density at radius 3 is 2.46 bits per heavy atom. The number of halogens is 1. The predicted octanol–water partition coefficient (Wildman–Crippen LogP) is 2.36. The first-order chi connectivity index (χ1) is 13.6. The van der Waals surface area contributed by atoms with E-state index in [0.29, 0.717) is 26.2 Å². The fraction of sp³-hybridized carbons (Fsp3) is 0.381.